The molecular formula is C14H13N. The summed E-state index contributed by atoms with van der Waals surface area (Å²) in [5.41, 5.74) is 2.63. The van der Waals surface area contributed by atoms with Gasteiger partial charge in [-0.15, -0.1) is 0 Å². The predicted octanol–water partition coefficient (Wildman–Crippen LogP) is 3.62. The monoisotopic (exact) mass is 195 g/mol. The number of hydrogen-bond acceptors (Lipinski definition) is 0. The van der Waals surface area contributed by atoms with Crippen molar-refractivity contribution in [1.82, 2.24) is 4.57 Å². The van der Waals surface area contributed by atoms with E-state index in [2.05, 4.69) is 66.1 Å². The van der Waals surface area contributed by atoms with Crippen molar-refractivity contribution in [3.8, 4) is 0 Å². The molecule has 0 saturated heterocycles. The number of aryl methyl sites for hydroxylation is 1. The molecule has 0 saturated carbocycles. The van der Waals surface area contributed by atoms with Gasteiger partial charge in [0.25, 0.3) is 0 Å². The number of allylic oxidation sites excluding steroid dienone is 4. The van der Waals surface area contributed by atoms with Crippen LogP contribution in [0.5, 0.6) is 0 Å². The SMILES string of the molecule is Cc1cc2ccccc2n1C1C=CC=C1. The van der Waals surface area contributed by atoms with Gasteiger partial charge in [0.1, 0.15) is 0 Å². The Balaban J connectivity index is 2.28. The Morgan fingerprint density at radius 2 is 1.80 bits per heavy atom. The highest BCUT2D eigenvalue weighted by Crippen LogP contribution is 2.26. The van der Waals surface area contributed by atoms with Gasteiger partial charge in [-0.25, -0.2) is 0 Å². The molecule has 0 spiro atoms. The third kappa shape index (κ3) is 1.23. The molecule has 1 heterocycles. The fraction of sp³-hybridized carbons (Fsp3) is 0.143. The van der Waals surface area contributed by atoms with Crippen LogP contribution < -0.4 is 0 Å². The van der Waals surface area contributed by atoms with Crippen LogP contribution in [-0.4, -0.2) is 4.57 Å². The highest BCUT2D eigenvalue weighted by atomic mass is 15.0. The van der Waals surface area contributed by atoms with E-state index >= 15 is 0 Å². The van der Waals surface area contributed by atoms with Crippen LogP contribution in [-0.2, 0) is 0 Å². The summed E-state index contributed by atoms with van der Waals surface area (Å²) in [6, 6.07) is 11.2. The number of nitrogens with zero attached hydrogens (tertiary/aromatic N) is 1. The summed E-state index contributed by atoms with van der Waals surface area (Å²) in [4.78, 5) is 0. The molecule has 1 aliphatic rings. The second-order valence-corrected chi connectivity index (χ2v) is 3.97. The normalized spacial score (nSPS) is 15.5. The maximum atomic E-state index is 2.37. The van der Waals surface area contributed by atoms with Crippen molar-refractivity contribution in [2.24, 2.45) is 0 Å². The first kappa shape index (κ1) is 8.54. The second-order valence-electron chi connectivity index (χ2n) is 3.97. The number of para-hydroxylation sites is 1. The Kier molecular flexibility index (Phi) is 1.78. The van der Waals surface area contributed by atoms with E-state index in [1.165, 1.54) is 16.6 Å². The third-order valence-corrected chi connectivity index (χ3v) is 2.97. The zero-order valence-electron chi connectivity index (χ0n) is 8.72. The molecule has 15 heavy (non-hydrogen) atoms. The Bertz CT molecular complexity index is 546. The van der Waals surface area contributed by atoms with Gasteiger partial charge in [-0.1, -0.05) is 42.5 Å². The number of rotatable bonds is 1. The molecule has 0 aliphatic heterocycles. The van der Waals surface area contributed by atoms with Crippen molar-refractivity contribution in [1.29, 1.82) is 0 Å². The van der Waals surface area contributed by atoms with E-state index in [-0.39, 0.29) is 0 Å². The highest BCUT2D eigenvalue weighted by Gasteiger charge is 2.11. The number of hydrogen-bond donors (Lipinski definition) is 0. The standard InChI is InChI=1S/C14H13N/c1-11-10-12-6-2-5-9-14(12)15(11)13-7-3-4-8-13/h2-10,13H,1H3. The molecule has 3 rings (SSSR count). The molecular weight excluding hydrogens is 182 g/mol. The molecule has 0 radical (unpaired) electrons. The van der Waals surface area contributed by atoms with E-state index < -0.39 is 0 Å². The van der Waals surface area contributed by atoms with Gasteiger partial charge in [0.2, 0.25) is 0 Å². The molecule has 2 aromatic rings. The van der Waals surface area contributed by atoms with E-state index in [1.54, 1.807) is 0 Å². The minimum absolute atomic E-state index is 0.393. The van der Waals surface area contributed by atoms with Gasteiger partial charge < -0.3 is 4.57 Å². The Labute approximate surface area is 89.3 Å². The van der Waals surface area contributed by atoms with Crippen molar-refractivity contribution in [2.45, 2.75) is 13.0 Å². The van der Waals surface area contributed by atoms with Crippen LogP contribution >= 0.6 is 0 Å². The summed E-state index contributed by atoms with van der Waals surface area (Å²) in [7, 11) is 0. The molecule has 1 aromatic carbocycles. The quantitative estimate of drug-likeness (QED) is 0.655. The summed E-state index contributed by atoms with van der Waals surface area (Å²) in [5, 5.41) is 1.32. The Morgan fingerprint density at radius 3 is 2.60 bits per heavy atom. The molecule has 74 valence electrons. The molecule has 0 N–H and O–H groups in total. The lowest BCUT2D eigenvalue weighted by Gasteiger charge is -2.12. The number of benzene rings is 1. The van der Waals surface area contributed by atoms with Gasteiger partial charge in [0.15, 0.2) is 0 Å². The molecule has 0 amide bonds. The molecule has 0 unspecified atom stereocenters. The van der Waals surface area contributed by atoms with Crippen molar-refractivity contribution in [3.05, 3.63) is 60.3 Å². The largest absolute Gasteiger partial charge is 0.334 e. The zero-order valence-corrected chi connectivity index (χ0v) is 8.72. The van der Waals surface area contributed by atoms with Gasteiger partial charge >= 0.3 is 0 Å². The van der Waals surface area contributed by atoms with Gasteiger partial charge in [-0.3, -0.25) is 0 Å². The molecule has 0 bridgehead atoms. The van der Waals surface area contributed by atoms with Gasteiger partial charge in [0, 0.05) is 11.2 Å². The maximum absolute atomic E-state index is 2.37. The maximum Gasteiger partial charge on any atom is 0.0709 e. The fourth-order valence-electron chi connectivity index (χ4n) is 2.30. The van der Waals surface area contributed by atoms with E-state index in [0.717, 1.165) is 0 Å². The van der Waals surface area contributed by atoms with Crippen molar-refractivity contribution >= 4 is 10.9 Å². The van der Waals surface area contributed by atoms with Gasteiger partial charge in [-0.05, 0) is 24.4 Å². The lowest BCUT2D eigenvalue weighted by molar-refractivity contribution is 0.737. The summed E-state index contributed by atoms with van der Waals surface area (Å²) in [6.45, 7) is 2.17. The van der Waals surface area contributed by atoms with Crippen LogP contribution in [0.3, 0.4) is 0 Å². The number of fused-ring (bicyclic) bond motifs is 1. The smallest absolute Gasteiger partial charge is 0.0709 e. The van der Waals surface area contributed by atoms with E-state index in [0.29, 0.717) is 6.04 Å². The topological polar surface area (TPSA) is 4.93 Å². The predicted molar refractivity (Wildman–Crippen MR) is 64.0 cm³/mol. The summed E-state index contributed by atoms with van der Waals surface area (Å²) in [6.07, 6.45) is 8.66. The van der Waals surface area contributed by atoms with E-state index in [9.17, 15) is 0 Å². The van der Waals surface area contributed by atoms with E-state index in [1.807, 2.05) is 0 Å². The molecule has 1 aromatic heterocycles. The second kappa shape index (κ2) is 3.13. The lowest BCUT2D eigenvalue weighted by Crippen LogP contribution is -2.03. The van der Waals surface area contributed by atoms with Crippen molar-refractivity contribution < 1.29 is 0 Å². The fourth-order valence-corrected chi connectivity index (χ4v) is 2.30. The van der Waals surface area contributed by atoms with Crippen LogP contribution in [0.4, 0.5) is 0 Å². The lowest BCUT2D eigenvalue weighted by atomic mass is 10.2. The average molecular weight is 195 g/mol. The van der Waals surface area contributed by atoms with Crippen LogP contribution in [0.1, 0.15) is 11.7 Å². The van der Waals surface area contributed by atoms with Crippen LogP contribution in [0.15, 0.2) is 54.6 Å². The first-order valence-electron chi connectivity index (χ1n) is 5.28. The molecule has 0 atom stereocenters. The summed E-state index contributed by atoms with van der Waals surface area (Å²) in [5.74, 6) is 0. The zero-order chi connectivity index (χ0) is 10.3. The van der Waals surface area contributed by atoms with Crippen molar-refractivity contribution in [2.75, 3.05) is 0 Å². The highest BCUT2D eigenvalue weighted by molar-refractivity contribution is 5.81. The van der Waals surface area contributed by atoms with Crippen LogP contribution in [0, 0.1) is 6.92 Å². The molecule has 1 aliphatic carbocycles. The molecule has 1 nitrogen and oxygen atoms in total. The average Bonchev–Trinajstić information content (AvgIpc) is 2.82. The Morgan fingerprint density at radius 1 is 1.07 bits per heavy atom. The van der Waals surface area contributed by atoms with Crippen LogP contribution in [0.2, 0.25) is 0 Å². The Hall–Kier alpha value is -1.76. The summed E-state index contributed by atoms with van der Waals surface area (Å²) >= 11 is 0. The van der Waals surface area contributed by atoms with Crippen molar-refractivity contribution in [3.63, 3.8) is 0 Å². The molecule has 1 heteroatoms. The van der Waals surface area contributed by atoms with Gasteiger partial charge in [-0.2, -0.15) is 0 Å². The molecule has 0 fully saturated rings. The summed E-state index contributed by atoms with van der Waals surface area (Å²) < 4.78 is 2.37. The minimum atomic E-state index is 0.393. The first-order valence-corrected chi connectivity index (χ1v) is 5.28. The minimum Gasteiger partial charge on any atom is -0.334 e. The third-order valence-electron chi connectivity index (χ3n) is 2.97. The first-order chi connectivity index (χ1) is 7.36. The van der Waals surface area contributed by atoms with Crippen LogP contribution in [0.25, 0.3) is 10.9 Å². The van der Waals surface area contributed by atoms with E-state index in [4.69, 9.17) is 0 Å². The number of aromatic nitrogens is 1. The van der Waals surface area contributed by atoms with Gasteiger partial charge in [0.05, 0.1) is 6.04 Å².